The van der Waals surface area contributed by atoms with Gasteiger partial charge < -0.3 is 10.0 Å². The second-order valence-corrected chi connectivity index (χ2v) is 9.55. The van der Waals surface area contributed by atoms with E-state index in [1.54, 1.807) is 0 Å². The molecular weight excluding hydrogens is 485 g/mol. The maximum atomic E-state index is 13.6. The van der Waals surface area contributed by atoms with E-state index in [1.165, 1.54) is 21.6 Å². The zero-order chi connectivity index (χ0) is 23.7. The third-order valence-electron chi connectivity index (χ3n) is 5.65. The Morgan fingerprint density at radius 1 is 1.21 bits per heavy atom. The fraction of sp³-hybridized carbons (Fsp3) is 0.304. The number of carbonyl (C=O) groups excluding carboxylic acids is 1. The number of fused-ring (bicyclic) bond motifs is 1. The van der Waals surface area contributed by atoms with Crippen molar-refractivity contribution < 1.29 is 14.7 Å². The molecule has 1 saturated heterocycles. The molecule has 4 rings (SSSR count). The van der Waals surface area contributed by atoms with Gasteiger partial charge in [-0.1, -0.05) is 65.3 Å². The van der Waals surface area contributed by atoms with Gasteiger partial charge in [0.05, 0.1) is 20.9 Å². The molecule has 3 aromatic rings. The number of amides is 1. The summed E-state index contributed by atoms with van der Waals surface area (Å²) in [5.41, 5.74) is 0.799. The van der Waals surface area contributed by atoms with Crippen molar-refractivity contribution in [2.45, 2.75) is 42.8 Å². The summed E-state index contributed by atoms with van der Waals surface area (Å²) in [7, 11) is 0. The van der Waals surface area contributed by atoms with Crippen molar-refractivity contribution in [3.63, 3.8) is 0 Å². The summed E-state index contributed by atoms with van der Waals surface area (Å²) in [6.07, 6.45) is 1.04. The number of thioether (sulfide) groups is 1. The molecule has 2 aromatic carbocycles. The van der Waals surface area contributed by atoms with Crippen LogP contribution in [0.5, 0.6) is 0 Å². The number of hydrogen-bond acceptors (Lipinski definition) is 5. The molecule has 2 heterocycles. The van der Waals surface area contributed by atoms with Gasteiger partial charge in [-0.3, -0.25) is 14.2 Å². The van der Waals surface area contributed by atoms with Gasteiger partial charge in [0, 0.05) is 13.1 Å². The number of halogens is 2. The number of carboxylic acids is 1. The number of aliphatic carboxylic acids is 1. The van der Waals surface area contributed by atoms with Crippen molar-refractivity contribution in [2.75, 3.05) is 6.54 Å². The summed E-state index contributed by atoms with van der Waals surface area (Å²) in [5, 5.41) is 10.0. The number of aromatic nitrogens is 2. The molecule has 7 nitrogen and oxygen atoms in total. The number of benzene rings is 2. The fourth-order valence-corrected chi connectivity index (χ4v) is 5.55. The molecule has 1 aliphatic rings. The van der Waals surface area contributed by atoms with Gasteiger partial charge in [-0.15, -0.1) is 0 Å². The highest BCUT2D eigenvalue weighted by Crippen LogP contribution is 2.38. The van der Waals surface area contributed by atoms with E-state index in [-0.39, 0.29) is 21.5 Å². The van der Waals surface area contributed by atoms with Crippen LogP contribution >= 0.6 is 35.0 Å². The Kier molecular flexibility index (Phi) is 6.97. The Bertz CT molecular complexity index is 1280. The number of carboxylic acid groups (broad SMARTS) is 1. The molecule has 1 aromatic heterocycles. The summed E-state index contributed by atoms with van der Waals surface area (Å²) in [6.45, 7) is 2.53. The summed E-state index contributed by atoms with van der Waals surface area (Å²) in [6, 6.07) is 11.3. The molecule has 10 heteroatoms. The first-order valence-electron chi connectivity index (χ1n) is 10.5. The first kappa shape index (κ1) is 23.6. The third-order valence-corrected chi connectivity index (χ3v) is 7.60. The second kappa shape index (κ2) is 9.75. The molecule has 1 aliphatic heterocycles. The summed E-state index contributed by atoms with van der Waals surface area (Å²) < 4.78 is 1.49. The van der Waals surface area contributed by atoms with Gasteiger partial charge in [-0.25, -0.2) is 9.78 Å². The fourth-order valence-electron chi connectivity index (χ4n) is 4.00. The summed E-state index contributed by atoms with van der Waals surface area (Å²) in [4.78, 5) is 44.5. The predicted octanol–water partition coefficient (Wildman–Crippen LogP) is 4.63. The normalized spacial score (nSPS) is 16.8. The highest BCUT2D eigenvalue weighted by molar-refractivity contribution is 8.00. The van der Waals surface area contributed by atoms with E-state index in [0.717, 1.165) is 11.8 Å². The number of carbonyl (C=O) groups is 2. The molecule has 1 amide bonds. The summed E-state index contributed by atoms with van der Waals surface area (Å²) in [5.74, 6) is -1.33. The number of hydrogen-bond donors (Lipinski definition) is 1. The minimum absolute atomic E-state index is 0.261. The quantitative estimate of drug-likeness (QED) is 0.387. The van der Waals surface area contributed by atoms with Gasteiger partial charge >= 0.3 is 5.97 Å². The smallest absolute Gasteiger partial charge is 0.326 e. The first-order chi connectivity index (χ1) is 15.8. The lowest BCUT2D eigenvalue weighted by Crippen LogP contribution is -2.42. The minimum atomic E-state index is -1.02. The van der Waals surface area contributed by atoms with E-state index in [4.69, 9.17) is 23.2 Å². The van der Waals surface area contributed by atoms with Crippen LogP contribution in [0.4, 0.5) is 0 Å². The Labute approximate surface area is 204 Å². The molecular formula is C23H21Cl2N3O4S. The van der Waals surface area contributed by atoms with Gasteiger partial charge in [0.15, 0.2) is 5.16 Å². The number of likely N-dealkylation sites (tertiary alicyclic amines) is 1. The topological polar surface area (TPSA) is 92.5 Å². The van der Waals surface area contributed by atoms with E-state index >= 15 is 0 Å². The zero-order valence-electron chi connectivity index (χ0n) is 17.7. The average molecular weight is 506 g/mol. The van der Waals surface area contributed by atoms with E-state index in [0.29, 0.717) is 47.6 Å². The van der Waals surface area contributed by atoms with Crippen LogP contribution in [-0.2, 0) is 16.1 Å². The van der Waals surface area contributed by atoms with Crippen LogP contribution in [0, 0.1) is 0 Å². The Hall–Kier alpha value is -2.55. The lowest BCUT2D eigenvalue weighted by atomic mass is 10.1. The Balaban J connectivity index is 1.81. The molecule has 33 heavy (non-hydrogen) atoms. The van der Waals surface area contributed by atoms with Crippen LogP contribution in [-0.4, -0.2) is 44.0 Å². The monoisotopic (exact) mass is 505 g/mol. The highest BCUT2D eigenvalue weighted by atomic mass is 35.5. The predicted molar refractivity (Wildman–Crippen MR) is 129 cm³/mol. The van der Waals surface area contributed by atoms with Crippen molar-refractivity contribution in [1.82, 2.24) is 14.5 Å². The van der Waals surface area contributed by atoms with Gasteiger partial charge in [-0.2, -0.15) is 0 Å². The van der Waals surface area contributed by atoms with Crippen LogP contribution in [0.25, 0.3) is 10.9 Å². The van der Waals surface area contributed by atoms with E-state index < -0.39 is 17.3 Å². The van der Waals surface area contributed by atoms with Gasteiger partial charge in [0.1, 0.15) is 11.3 Å². The van der Waals surface area contributed by atoms with Crippen molar-refractivity contribution in [3.8, 4) is 0 Å². The average Bonchev–Trinajstić information content (AvgIpc) is 3.30. The molecule has 0 aliphatic carbocycles. The molecule has 0 saturated carbocycles. The lowest BCUT2D eigenvalue weighted by molar-refractivity contribution is -0.148. The largest absolute Gasteiger partial charge is 0.480 e. The Morgan fingerprint density at radius 2 is 1.91 bits per heavy atom. The lowest BCUT2D eigenvalue weighted by Gasteiger charge is -2.27. The van der Waals surface area contributed by atoms with Crippen LogP contribution in [0.2, 0.25) is 10.0 Å². The van der Waals surface area contributed by atoms with Gasteiger partial charge in [0.25, 0.3) is 5.56 Å². The van der Waals surface area contributed by atoms with Gasteiger partial charge in [0.2, 0.25) is 5.91 Å². The molecule has 1 unspecified atom stereocenters. The maximum absolute atomic E-state index is 13.6. The third kappa shape index (κ3) is 4.60. The molecule has 172 valence electrons. The van der Waals surface area contributed by atoms with Crippen molar-refractivity contribution in [3.05, 3.63) is 68.4 Å². The van der Waals surface area contributed by atoms with Crippen LogP contribution in [0.15, 0.2) is 52.4 Å². The second-order valence-electron chi connectivity index (χ2n) is 7.66. The van der Waals surface area contributed by atoms with Crippen LogP contribution in [0.3, 0.4) is 0 Å². The van der Waals surface area contributed by atoms with E-state index in [2.05, 4.69) is 4.98 Å². The molecule has 0 bridgehead atoms. The van der Waals surface area contributed by atoms with Gasteiger partial charge in [-0.05, 0) is 37.5 Å². The number of nitrogens with zero attached hydrogens (tertiary/aromatic N) is 3. The van der Waals surface area contributed by atoms with Crippen molar-refractivity contribution in [1.29, 1.82) is 0 Å². The zero-order valence-corrected chi connectivity index (χ0v) is 20.0. The van der Waals surface area contributed by atoms with Crippen molar-refractivity contribution in [2.24, 2.45) is 0 Å². The highest BCUT2D eigenvalue weighted by Gasteiger charge is 2.38. The molecule has 1 N–H and O–H groups in total. The standard InChI is InChI=1S/C23H21Cl2N3O4S/c1-2-27-20(29)14-11-15(24)16(25)12-17(14)26-23(27)33-19(13-7-4-3-5-8-13)21(30)28-10-6-9-18(28)22(31)32/h3-5,7-8,11-12,18-19H,2,6,9-10H2,1H3,(H,31,32)/t18-,19?/m1/s1. The van der Waals surface area contributed by atoms with Crippen LogP contribution in [0.1, 0.15) is 30.6 Å². The SMILES string of the molecule is CCn1c(SC(C(=O)N2CCC[C@@H]2C(=O)O)c2ccccc2)nc2cc(Cl)c(Cl)cc2c1=O. The molecule has 1 fully saturated rings. The Morgan fingerprint density at radius 3 is 2.58 bits per heavy atom. The van der Waals surface area contributed by atoms with E-state index in [1.807, 2.05) is 37.3 Å². The summed E-state index contributed by atoms with van der Waals surface area (Å²) >= 11 is 13.4. The van der Waals surface area contributed by atoms with Crippen molar-refractivity contribution >= 4 is 57.7 Å². The van der Waals surface area contributed by atoms with Crippen LogP contribution < -0.4 is 5.56 Å². The number of rotatable bonds is 6. The minimum Gasteiger partial charge on any atom is -0.480 e. The van der Waals surface area contributed by atoms with E-state index in [9.17, 15) is 19.5 Å². The molecule has 0 radical (unpaired) electrons. The maximum Gasteiger partial charge on any atom is 0.326 e. The first-order valence-corrected chi connectivity index (χ1v) is 12.1. The molecule has 0 spiro atoms. The molecule has 2 atom stereocenters.